The van der Waals surface area contributed by atoms with E-state index in [1.54, 1.807) is 7.11 Å². The zero-order chi connectivity index (χ0) is 32.3. The highest BCUT2D eigenvalue weighted by Gasteiger charge is 2.22. The van der Waals surface area contributed by atoms with Crippen LogP contribution >= 0.6 is 0 Å². The molecular formula is C43H46O3. The molecule has 2 atom stereocenters. The first-order valence-corrected chi connectivity index (χ1v) is 16.8. The summed E-state index contributed by atoms with van der Waals surface area (Å²) < 4.78 is 11.3. The molecule has 0 heterocycles. The molecule has 3 aliphatic rings. The van der Waals surface area contributed by atoms with Crippen molar-refractivity contribution in [2.75, 3.05) is 7.11 Å². The summed E-state index contributed by atoms with van der Waals surface area (Å²) in [5, 5.41) is 5.23. The standard InChI is InChI=1S/C43H46O3/c1-29-11-9-15-32(19-17-29)41(34-23-24-39(45-5)33(26-34)13-7-6-8-16-40(44)46-43(2,3)4)37-27-35-20-18-30-12-10-14-31-21-22-36(28-37)42(35)38(31)25-30/h10-12,14-15,17-28,30,41H,6-9,13,16H2,1-5H3. The molecule has 6 rings (SSSR count). The van der Waals surface area contributed by atoms with Gasteiger partial charge in [0.2, 0.25) is 0 Å². The predicted molar refractivity (Wildman–Crippen MR) is 192 cm³/mol. The molecule has 0 amide bonds. The van der Waals surface area contributed by atoms with Gasteiger partial charge in [0.25, 0.3) is 0 Å². The Morgan fingerprint density at radius 2 is 1.80 bits per heavy atom. The molecule has 236 valence electrons. The number of aryl methyl sites for hydroxylation is 1. The fraction of sp³-hybridized carbons (Fsp3) is 0.326. The van der Waals surface area contributed by atoms with Crippen molar-refractivity contribution in [3.05, 3.63) is 129 Å². The molecule has 3 aromatic carbocycles. The van der Waals surface area contributed by atoms with E-state index in [0.717, 1.165) is 37.9 Å². The van der Waals surface area contributed by atoms with Gasteiger partial charge in [0, 0.05) is 18.3 Å². The Morgan fingerprint density at radius 3 is 2.63 bits per heavy atom. The van der Waals surface area contributed by atoms with Gasteiger partial charge in [-0.3, -0.25) is 4.79 Å². The van der Waals surface area contributed by atoms with E-state index in [9.17, 15) is 4.79 Å². The van der Waals surface area contributed by atoms with Gasteiger partial charge in [0.15, 0.2) is 0 Å². The van der Waals surface area contributed by atoms with Crippen LogP contribution < -0.4 is 15.2 Å². The molecular weight excluding hydrogens is 564 g/mol. The fourth-order valence-corrected chi connectivity index (χ4v) is 6.92. The Morgan fingerprint density at radius 1 is 0.935 bits per heavy atom. The summed E-state index contributed by atoms with van der Waals surface area (Å²) in [6.45, 7) is 7.92. The Kier molecular flexibility index (Phi) is 9.31. The zero-order valence-corrected chi connectivity index (χ0v) is 27.9. The minimum Gasteiger partial charge on any atom is -0.496 e. The number of ether oxygens (including phenoxy) is 2. The van der Waals surface area contributed by atoms with Gasteiger partial charge in [-0.25, -0.2) is 0 Å². The van der Waals surface area contributed by atoms with Crippen LogP contribution in [0.5, 0.6) is 5.75 Å². The van der Waals surface area contributed by atoms with Crippen molar-refractivity contribution >= 4 is 35.0 Å². The van der Waals surface area contributed by atoms with E-state index >= 15 is 0 Å². The third-order valence-corrected chi connectivity index (χ3v) is 9.09. The lowest BCUT2D eigenvalue weighted by atomic mass is 9.81. The van der Waals surface area contributed by atoms with Crippen LogP contribution in [0.2, 0.25) is 0 Å². The van der Waals surface area contributed by atoms with Crippen LogP contribution in [0.25, 0.3) is 29.0 Å². The average molecular weight is 611 g/mol. The number of esters is 1. The first-order valence-electron chi connectivity index (χ1n) is 16.8. The molecule has 3 heteroatoms. The molecule has 0 N–H and O–H groups in total. The molecule has 0 aliphatic heterocycles. The molecule has 3 aromatic rings. The maximum atomic E-state index is 12.2. The van der Waals surface area contributed by atoms with Crippen molar-refractivity contribution in [2.24, 2.45) is 5.92 Å². The summed E-state index contributed by atoms with van der Waals surface area (Å²) in [7, 11) is 1.75. The minimum atomic E-state index is -0.438. The van der Waals surface area contributed by atoms with Crippen molar-refractivity contribution in [3.8, 4) is 5.75 Å². The monoisotopic (exact) mass is 610 g/mol. The summed E-state index contributed by atoms with van der Waals surface area (Å²) in [5.74, 6) is 1.17. The van der Waals surface area contributed by atoms with Gasteiger partial charge >= 0.3 is 5.97 Å². The Hall–Kier alpha value is -4.37. The highest BCUT2D eigenvalue weighted by atomic mass is 16.6. The highest BCUT2D eigenvalue weighted by Crippen LogP contribution is 2.39. The van der Waals surface area contributed by atoms with Gasteiger partial charge in [0.05, 0.1) is 7.11 Å². The van der Waals surface area contributed by atoms with Crippen LogP contribution in [0, 0.1) is 5.92 Å². The Balaban J connectivity index is 1.35. The number of carbonyl (C=O) groups excluding carboxylic acids is 1. The van der Waals surface area contributed by atoms with Gasteiger partial charge in [-0.15, -0.1) is 0 Å². The quantitative estimate of drug-likeness (QED) is 0.170. The molecule has 0 fully saturated rings. The number of rotatable bonds is 10. The van der Waals surface area contributed by atoms with Gasteiger partial charge in [-0.1, -0.05) is 109 Å². The molecule has 0 radical (unpaired) electrons. The van der Waals surface area contributed by atoms with Crippen molar-refractivity contribution < 1.29 is 14.3 Å². The van der Waals surface area contributed by atoms with E-state index in [2.05, 4.69) is 110 Å². The zero-order valence-electron chi connectivity index (χ0n) is 27.9. The third kappa shape index (κ3) is 7.20. The van der Waals surface area contributed by atoms with Crippen LogP contribution in [0.15, 0.2) is 96.1 Å². The molecule has 46 heavy (non-hydrogen) atoms. The highest BCUT2D eigenvalue weighted by molar-refractivity contribution is 5.94. The van der Waals surface area contributed by atoms with Crippen molar-refractivity contribution in [3.63, 3.8) is 0 Å². The van der Waals surface area contributed by atoms with Crippen LogP contribution in [0.4, 0.5) is 0 Å². The number of hydrogen-bond acceptors (Lipinski definition) is 3. The van der Waals surface area contributed by atoms with E-state index < -0.39 is 5.60 Å². The van der Waals surface area contributed by atoms with E-state index in [-0.39, 0.29) is 11.9 Å². The van der Waals surface area contributed by atoms with Crippen LogP contribution in [0.1, 0.15) is 88.0 Å². The minimum absolute atomic E-state index is 0.0759. The van der Waals surface area contributed by atoms with Crippen LogP contribution in [-0.2, 0) is 16.0 Å². The third-order valence-electron chi connectivity index (χ3n) is 9.09. The first kappa shape index (κ1) is 31.6. The lowest BCUT2D eigenvalue weighted by Gasteiger charge is -2.23. The van der Waals surface area contributed by atoms with Crippen LogP contribution in [-0.4, -0.2) is 18.7 Å². The normalized spacial score (nSPS) is 17.3. The lowest BCUT2D eigenvalue weighted by Crippen LogP contribution is -2.25. The number of hydrogen-bond donors (Lipinski definition) is 0. The topological polar surface area (TPSA) is 35.5 Å². The lowest BCUT2D eigenvalue weighted by molar-refractivity contribution is -0.154. The summed E-state index contributed by atoms with van der Waals surface area (Å²) in [6, 6.07) is 16.1. The van der Waals surface area contributed by atoms with Crippen molar-refractivity contribution in [1.82, 2.24) is 0 Å². The predicted octanol–water partition coefficient (Wildman–Crippen LogP) is 9.03. The molecule has 0 saturated carbocycles. The van der Waals surface area contributed by atoms with Gasteiger partial charge in [0.1, 0.15) is 11.4 Å². The molecule has 0 spiro atoms. The second kappa shape index (κ2) is 13.5. The SMILES string of the molecule is COc1ccc(C(C2=CCC=C(C)C=C2)c2cc3c4c5c(ccc4c2)=CC=CC(C=C3)C=5)cc1CCCCCC(=O)OC(C)(C)C. The molecule has 3 nitrogen and oxygen atoms in total. The summed E-state index contributed by atoms with van der Waals surface area (Å²) in [6.07, 6.45) is 28.0. The maximum Gasteiger partial charge on any atom is 0.306 e. The molecule has 0 saturated heterocycles. The number of benzene rings is 3. The maximum absolute atomic E-state index is 12.2. The van der Waals surface area contributed by atoms with E-state index in [4.69, 9.17) is 9.47 Å². The number of unbranched alkanes of at least 4 members (excludes halogenated alkanes) is 2. The molecule has 0 aromatic heterocycles. The summed E-state index contributed by atoms with van der Waals surface area (Å²) in [5.41, 5.74) is 7.21. The van der Waals surface area contributed by atoms with E-state index in [1.807, 2.05) is 20.8 Å². The second-order valence-electron chi connectivity index (χ2n) is 13.8. The van der Waals surface area contributed by atoms with Crippen LogP contribution in [0.3, 0.4) is 0 Å². The second-order valence-corrected chi connectivity index (χ2v) is 13.8. The summed E-state index contributed by atoms with van der Waals surface area (Å²) >= 11 is 0. The van der Waals surface area contributed by atoms with E-state index in [1.165, 1.54) is 54.6 Å². The Bertz CT molecular complexity index is 1920. The van der Waals surface area contributed by atoms with Crippen molar-refractivity contribution in [2.45, 2.75) is 77.7 Å². The number of fused-ring (bicyclic) bond motifs is 1. The number of allylic oxidation sites excluding steroid dienone is 9. The molecule has 2 bridgehead atoms. The number of methoxy groups -OCH3 is 1. The largest absolute Gasteiger partial charge is 0.496 e. The Labute approximate surface area is 274 Å². The van der Waals surface area contributed by atoms with Gasteiger partial charge in [-0.2, -0.15) is 0 Å². The van der Waals surface area contributed by atoms with Gasteiger partial charge in [-0.05, 0) is 108 Å². The van der Waals surface area contributed by atoms with E-state index in [0.29, 0.717) is 12.3 Å². The molecule has 2 unspecified atom stereocenters. The number of carbonyl (C=O) groups is 1. The average Bonchev–Trinajstić information content (AvgIpc) is 3.45. The fourth-order valence-electron chi connectivity index (χ4n) is 6.92. The smallest absolute Gasteiger partial charge is 0.306 e. The molecule has 3 aliphatic carbocycles. The first-order chi connectivity index (χ1) is 22.2. The van der Waals surface area contributed by atoms with Crippen molar-refractivity contribution in [1.29, 1.82) is 0 Å². The summed E-state index contributed by atoms with van der Waals surface area (Å²) in [4.78, 5) is 12.2. The van der Waals surface area contributed by atoms with Gasteiger partial charge < -0.3 is 9.47 Å².